The molecule has 1 atom stereocenters. The topological polar surface area (TPSA) is 69.7 Å². The van der Waals surface area contributed by atoms with Crippen molar-refractivity contribution in [1.29, 1.82) is 0 Å². The van der Waals surface area contributed by atoms with E-state index in [4.69, 9.17) is 0 Å². The summed E-state index contributed by atoms with van der Waals surface area (Å²) in [6, 6.07) is 5.25. The zero-order valence-corrected chi connectivity index (χ0v) is 15.8. The number of hydrogen-bond acceptors (Lipinski definition) is 4. The second-order valence-electron chi connectivity index (χ2n) is 7.02. The molecule has 2 aliphatic rings. The van der Waals surface area contributed by atoms with Gasteiger partial charge in [0.15, 0.2) is 0 Å². The van der Waals surface area contributed by atoms with Crippen LogP contribution in [0.25, 0.3) is 0 Å². The van der Waals surface area contributed by atoms with Gasteiger partial charge in [0.05, 0.1) is 10.8 Å². The number of nitrogens with one attached hydrogen (secondary N) is 1. The average molecular weight is 365 g/mol. The van der Waals surface area contributed by atoms with Crippen molar-refractivity contribution >= 4 is 15.9 Å². The second kappa shape index (κ2) is 7.43. The van der Waals surface area contributed by atoms with Crippen molar-refractivity contribution in [3.63, 3.8) is 0 Å². The van der Waals surface area contributed by atoms with E-state index in [1.807, 2.05) is 24.8 Å². The molecular formula is C18H27N3O3S. The summed E-state index contributed by atoms with van der Waals surface area (Å²) < 4.78 is 27.2. The van der Waals surface area contributed by atoms with Crippen LogP contribution in [0.5, 0.6) is 0 Å². The minimum absolute atomic E-state index is 0.0386. The molecule has 0 bridgehead atoms. The molecule has 2 heterocycles. The molecule has 25 heavy (non-hydrogen) atoms. The van der Waals surface area contributed by atoms with E-state index in [2.05, 4.69) is 5.32 Å². The SMILES string of the molecule is Cc1ccc(S(=O)(=O)N2CCN(C(=O)C3CCCNC3)CC2)cc1C. The molecule has 2 aliphatic heterocycles. The summed E-state index contributed by atoms with van der Waals surface area (Å²) in [5.74, 6) is 0.201. The number of piperazine rings is 1. The molecule has 6 nitrogen and oxygen atoms in total. The molecule has 2 saturated heterocycles. The first-order chi connectivity index (χ1) is 11.9. The van der Waals surface area contributed by atoms with Crippen molar-refractivity contribution in [2.24, 2.45) is 5.92 Å². The van der Waals surface area contributed by atoms with Crippen molar-refractivity contribution in [3.8, 4) is 0 Å². The minimum Gasteiger partial charge on any atom is -0.340 e. The normalized spacial score (nSPS) is 22.8. The maximum absolute atomic E-state index is 12.8. The molecule has 0 saturated carbocycles. The van der Waals surface area contributed by atoms with Crippen LogP contribution >= 0.6 is 0 Å². The summed E-state index contributed by atoms with van der Waals surface area (Å²) in [5.41, 5.74) is 2.05. The van der Waals surface area contributed by atoms with Gasteiger partial charge in [-0.2, -0.15) is 4.31 Å². The summed E-state index contributed by atoms with van der Waals surface area (Å²) >= 11 is 0. The number of benzene rings is 1. The Balaban J connectivity index is 1.64. The third-order valence-electron chi connectivity index (χ3n) is 5.31. The van der Waals surface area contributed by atoms with E-state index in [0.717, 1.165) is 37.1 Å². The third kappa shape index (κ3) is 3.88. The molecule has 0 aliphatic carbocycles. The fraction of sp³-hybridized carbons (Fsp3) is 0.611. The number of piperidine rings is 1. The largest absolute Gasteiger partial charge is 0.340 e. The summed E-state index contributed by atoms with van der Waals surface area (Å²) in [5, 5.41) is 3.27. The molecule has 1 aromatic carbocycles. The maximum atomic E-state index is 12.8. The summed E-state index contributed by atoms with van der Waals surface area (Å²) in [4.78, 5) is 14.7. The van der Waals surface area contributed by atoms with Crippen molar-refractivity contribution in [3.05, 3.63) is 29.3 Å². The van der Waals surface area contributed by atoms with Crippen molar-refractivity contribution < 1.29 is 13.2 Å². The Bertz CT molecular complexity index is 734. The molecule has 138 valence electrons. The number of rotatable bonds is 3. The molecule has 1 N–H and O–H groups in total. The quantitative estimate of drug-likeness (QED) is 0.872. The number of sulfonamides is 1. The summed E-state index contributed by atoms with van der Waals surface area (Å²) in [7, 11) is -3.49. The summed E-state index contributed by atoms with van der Waals surface area (Å²) in [6.45, 7) is 7.27. The minimum atomic E-state index is -3.49. The van der Waals surface area contributed by atoms with Gasteiger partial charge in [0.2, 0.25) is 15.9 Å². The molecule has 1 amide bonds. The number of aryl methyl sites for hydroxylation is 2. The lowest BCUT2D eigenvalue weighted by Crippen LogP contribution is -2.53. The second-order valence-corrected chi connectivity index (χ2v) is 8.96. The zero-order valence-electron chi connectivity index (χ0n) is 15.0. The first-order valence-corrected chi connectivity index (χ1v) is 10.4. The van der Waals surface area contributed by atoms with Crippen LogP contribution in [0.2, 0.25) is 0 Å². The van der Waals surface area contributed by atoms with Crippen molar-refractivity contribution in [2.75, 3.05) is 39.3 Å². The van der Waals surface area contributed by atoms with E-state index in [1.54, 1.807) is 12.1 Å². The van der Waals surface area contributed by atoms with Gasteiger partial charge in [0.1, 0.15) is 0 Å². The summed E-state index contributed by atoms with van der Waals surface area (Å²) in [6.07, 6.45) is 1.95. The highest BCUT2D eigenvalue weighted by molar-refractivity contribution is 7.89. The van der Waals surface area contributed by atoms with Gasteiger partial charge in [0, 0.05) is 32.7 Å². The van der Waals surface area contributed by atoms with Crippen LogP contribution in [0, 0.1) is 19.8 Å². The van der Waals surface area contributed by atoms with Crippen molar-refractivity contribution in [2.45, 2.75) is 31.6 Å². The van der Waals surface area contributed by atoms with E-state index in [-0.39, 0.29) is 11.8 Å². The molecule has 1 aromatic rings. The first kappa shape index (κ1) is 18.4. The lowest BCUT2D eigenvalue weighted by Gasteiger charge is -2.36. The Hall–Kier alpha value is -1.44. The number of carbonyl (C=O) groups excluding carboxylic acids is 1. The van der Waals surface area contributed by atoms with E-state index in [0.29, 0.717) is 31.1 Å². The highest BCUT2D eigenvalue weighted by atomic mass is 32.2. The van der Waals surface area contributed by atoms with Gasteiger partial charge in [-0.3, -0.25) is 4.79 Å². The fourth-order valence-electron chi connectivity index (χ4n) is 3.49. The third-order valence-corrected chi connectivity index (χ3v) is 7.21. The van der Waals surface area contributed by atoms with E-state index < -0.39 is 10.0 Å². The molecule has 1 unspecified atom stereocenters. The Labute approximate surface area is 150 Å². The van der Waals surface area contributed by atoms with Gasteiger partial charge in [-0.25, -0.2) is 8.42 Å². The van der Waals surface area contributed by atoms with E-state index in [1.165, 1.54) is 4.31 Å². The lowest BCUT2D eigenvalue weighted by molar-refractivity contribution is -0.137. The number of carbonyl (C=O) groups is 1. The van der Waals surface area contributed by atoms with Crippen LogP contribution in [0.1, 0.15) is 24.0 Å². The first-order valence-electron chi connectivity index (χ1n) is 8.96. The highest BCUT2D eigenvalue weighted by Gasteiger charge is 2.32. The average Bonchev–Trinajstić information content (AvgIpc) is 2.64. The standard InChI is InChI=1S/C18H27N3O3S/c1-14-5-6-17(12-15(14)2)25(23,24)21-10-8-20(9-11-21)18(22)16-4-3-7-19-13-16/h5-6,12,16,19H,3-4,7-11,13H2,1-2H3. The smallest absolute Gasteiger partial charge is 0.243 e. The highest BCUT2D eigenvalue weighted by Crippen LogP contribution is 2.21. The Morgan fingerprint density at radius 2 is 1.84 bits per heavy atom. The molecule has 2 fully saturated rings. The van der Waals surface area contributed by atoms with Gasteiger partial charge < -0.3 is 10.2 Å². The number of hydrogen-bond donors (Lipinski definition) is 1. The molecular weight excluding hydrogens is 338 g/mol. The molecule has 7 heteroatoms. The van der Waals surface area contributed by atoms with E-state index >= 15 is 0 Å². The van der Waals surface area contributed by atoms with Gasteiger partial charge in [-0.1, -0.05) is 6.07 Å². The number of nitrogens with zero attached hydrogens (tertiary/aromatic N) is 2. The lowest BCUT2D eigenvalue weighted by atomic mass is 9.98. The molecule has 0 spiro atoms. The van der Waals surface area contributed by atoms with Gasteiger partial charge in [-0.05, 0) is 56.5 Å². The molecule has 0 aromatic heterocycles. The van der Waals surface area contributed by atoms with Gasteiger partial charge in [0.25, 0.3) is 0 Å². The fourth-order valence-corrected chi connectivity index (χ4v) is 5.00. The van der Waals surface area contributed by atoms with E-state index in [9.17, 15) is 13.2 Å². The van der Waals surface area contributed by atoms with Crippen LogP contribution in [0.4, 0.5) is 0 Å². The number of amides is 1. The maximum Gasteiger partial charge on any atom is 0.243 e. The van der Waals surface area contributed by atoms with Gasteiger partial charge in [-0.15, -0.1) is 0 Å². The van der Waals surface area contributed by atoms with Crippen LogP contribution in [0.15, 0.2) is 23.1 Å². The Kier molecular flexibility index (Phi) is 5.46. The van der Waals surface area contributed by atoms with Crippen LogP contribution in [-0.2, 0) is 14.8 Å². The van der Waals surface area contributed by atoms with Crippen LogP contribution in [-0.4, -0.2) is 62.8 Å². The van der Waals surface area contributed by atoms with Crippen LogP contribution < -0.4 is 5.32 Å². The zero-order chi connectivity index (χ0) is 18.0. The van der Waals surface area contributed by atoms with Gasteiger partial charge >= 0.3 is 0 Å². The Morgan fingerprint density at radius 3 is 2.44 bits per heavy atom. The Morgan fingerprint density at radius 1 is 1.12 bits per heavy atom. The molecule has 3 rings (SSSR count). The van der Waals surface area contributed by atoms with Crippen molar-refractivity contribution in [1.82, 2.24) is 14.5 Å². The predicted octanol–water partition coefficient (Wildman–Crippen LogP) is 1.14. The predicted molar refractivity (Wildman–Crippen MR) is 96.8 cm³/mol. The molecule has 0 radical (unpaired) electrons. The van der Waals surface area contributed by atoms with Crippen LogP contribution in [0.3, 0.4) is 0 Å². The monoisotopic (exact) mass is 365 g/mol.